The molecule has 1 aromatic carbocycles. The number of hydrogen-bond acceptors (Lipinski definition) is 7. The van der Waals surface area contributed by atoms with Gasteiger partial charge in [0.2, 0.25) is 0 Å². The SMILES string of the molecule is CC1=C(OC(=O)C(F)(F)F)CC[C@H]1NC(=O)Nc1ccc(Cl)c(S(=O)(=O)C2CC(N3CCCC3)C2)c1O. The van der Waals surface area contributed by atoms with Gasteiger partial charge >= 0.3 is 18.2 Å². The Hall–Kier alpha value is -2.51. The number of allylic oxidation sites excluding steroid dienone is 1. The number of hydrogen-bond donors (Lipinski definition) is 3. The lowest BCUT2D eigenvalue weighted by atomic mass is 9.91. The van der Waals surface area contributed by atoms with Crippen molar-refractivity contribution in [2.45, 2.75) is 73.9 Å². The maximum atomic E-state index is 13.3. The molecule has 14 heteroatoms. The number of ether oxygens (including phenoxy) is 1. The predicted octanol–water partition coefficient (Wildman–Crippen LogP) is 4.11. The van der Waals surface area contributed by atoms with Crippen LogP contribution in [0.25, 0.3) is 0 Å². The van der Waals surface area contributed by atoms with Crippen molar-refractivity contribution in [1.29, 1.82) is 0 Å². The van der Waals surface area contributed by atoms with Gasteiger partial charge in [-0.05, 0) is 69.8 Å². The molecule has 0 unspecified atom stereocenters. The maximum Gasteiger partial charge on any atom is 0.491 e. The number of phenolic OH excluding ortho intramolecular Hbond substituents is 1. The zero-order chi connectivity index (χ0) is 27.1. The first-order valence-electron chi connectivity index (χ1n) is 11.8. The highest BCUT2D eigenvalue weighted by atomic mass is 35.5. The van der Waals surface area contributed by atoms with Crippen molar-refractivity contribution in [2.24, 2.45) is 0 Å². The second-order valence-corrected chi connectivity index (χ2v) is 12.1. The molecule has 0 radical (unpaired) electrons. The van der Waals surface area contributed by atoms with E-state index in [1.165, 1.54) is 19.1 Å². The van der Waals surface area contributed by atoms with Gasteiger partial charge in [0.1, 0.15) is 10.7 Å². The van der Waals surface area contributed by atoms with Crippen molar-refractivity contribution in [2.75, 3.05) is 18.4 Å². The molecule has 1 saturated carbocycles. The first-order valence-corrected chi connectivity index (χ1v) is 13.8. The van der Waals surface area contributed by atoms with Gasteiger partial charge in [-0.3, -0.25) is 0 Å². The number of halogens is 4. The average Bonchev–Trinajstić information content (AvgIpc) is 3.40. The zero-order valence-corrected chi connectivity index (χ0v) is 21.5. The third-order valence-electron chi connectivity index (χ3n) is 7.16. The summed E-state index contributed by atoms with van der Waals surface area (Å²) < 4.78 is 68.3. The average molecular weight is 566 g/mol. The number of urea groups is 1. The van der Waals surface area contributed by atoms with Crippen LogP contribution in [0.3, 0.4) is 0 Å². The normalized spacial score (nSPS) is 24.6. The summed E-state index contributed by atoms with van der Waals surface area (Å²) in [6.45, 7) is 3.31. The fourth-order valence-corrected chi connectivity index (χ4v) is 7.44. The predicted molar refractivity (Wildman–Crippen MR) is 128 cm³/mol. The Kier molecular flexibility index (Phi) is 7.69. The minimum absolute atomic E-state index is 0.00694. The Labute approximate surface area is 216 Å². The molecule has 2 fully saturated rings. The third kappa shape index (κ3) is 5.68. The number of alkyl halides is 3. The van der Waals surface area contributed by atoms with Gasteiger partial charge in [0.05, 0.1) is 22.0 Å². The highest BCUT2D eigenvalue weighted by Crippen LogP contribution is 2.43. The van der Waals surface area contributed by atoms with Gasteiger partial charge < -0.3 is 25.4 Å². The molecule has 2 aliphatic carbocycles. The monoisotopic (exact) mass is 565 g/mol. The summed E-state index contributed by atoms with van der Waals surface area (Å²) in [5, 5.41) is 14.8. The lowest BCUT2D eigenvalue weighted by Crippen LogP contribution is -2.48. The molecule has 3 aliphatic rings. The van der Waals surface area contributed by atoms with Gasteiger partial charge in [-0.25, -0.2) is 18.0 Å². The Morgan fingerprint density at radius 3 is 2.46 bits per heavy atom. The number of amides is 2. The summed E-state index contributed by atoms with van der Waals surface area (Å²) in [6, 6.07) is 1.12. The minimum Gasteiger partial charge on any atom is -0.504 e. The fraction of sp³-hybridized carbons (Fsp3) is 0.565. The Morgan fingerprint density at radius 2 is 1.84 bits per heavy atom. The van der Waals surface area contributed by atoms with E-state index in [2.05, 4.69) is 20.3 Å². The quantitative estimate of drug-likeness (QED) is 0.350. The number of likely N-dealkylation sites (tertiary alicyclic amines) is 1. The lowest BCUT2D eigenvalue weighted by Gasteiger charge is -2.40. The maximum absolute atomic E-state index is 13.3. The third-order valence-corrected chi connectivity index (χ3v) is 9.83. The Bertz CT molecular complexity index is 1220. The second kappa shape index (κ2) is 10.3. The summed E-state index contributed by atoms with van der Waals surface area (Å²) in [4.78, 5) is 25.5. The molecule has 1 aliphatic heterocycles. The van der Waals surface area contributed by atoms with E-state index in [4.69, 9.17) is 11.6 Å². The molecule has 2 amide bonds. The molecule has 0 spiro atoms. The number of phenols is 1. The number of sulfone groups is 1. The molecule has 4 rings (SSSR count). The van der Waals surface area contributed by atoms with E-state index in [1.54, 1.807) is 0 Å². The summed E-state index contributed by atoms with van der Waals surface area (Å²) in [5.41, 5.74) is 0.0492. The molecule has 37 heavy (non-hydrogen) atoms. The molecular formula is C23H27ClF3N3O6S. The first kappa shape index (κ1) is 27.5. The number of nitrogens with zero attached hydrogens (tertiary/aromatic N) is 1. The van der Waals surface area contributed by atoms with Crippen LogP contribution < -0.4 is 10.6 Å². The second-order valence-electron chi connectivity index (χ2n) is 9.49. The Morgan fingerprint density at radius 1 is 1.19 bits per heavy atom. The van der Waals surface area contributed by atoms with Crippen LogP contribution in [0.1, 0.15) is 45.4 Å². The Balaban J connectivity index is 1.42. The summed E-state index contributed by atoms with van der Waals surface area (Å²) in [7, 11) is -3.97. The van der Waals surface area contributed by atoms with Crippen molar-refractivity contribution in [3.8, 4) is 5.75 Å². The molecule has 0 bridgehead atoms. The van der Waals surface area contributed by atoms with E-state index < -0.39 is 50.0 Å². The summed E-state index contributed by atoms with van der Waals surface area (Å²) >= 11 is 6.15. The van der Waals surface area contributed by atoms with Crippen molar-refractivity contribution in [3.05, 3.63) is 28.5 Å². The van der Waals surface area contributed by atoms with Gasteiger partial charge in [-0.1, -0.05) is 11.6 Å². The van der Waals surface area contributed by atoms with Crippen LogP contribution in [-0.4, -0.2) is 67.0 Å². The molecule has 0 aromatic heterocycles. The smallest absolute Gasteiger partial charge is 0.491 e. The number of esters is 1. The number of benzene rings is 1. The number of aromatic hydroxyl groups is 1. The van der Waals surface area contributed by atoms with E-state index in [0.29, 0.717) is 12.8 Å². The molecular weight excluding hydrogens is 539 g/mol. The van der Waals surface area contributed by atoms with E-state index in [0.717, 1.165) is 25.9 Å². The topological polar surface area (TPSA) is 125 Å². The van der Waals surface area contributed by atoms with Crippen LogP contribution >= 0.6 is 11.6 Å². The number of carbonyl (C=O) groups excluding carboxylic acids is 2. The van der Waals surface area contributed by atoms with E-state index in [1.807, 2.05) is 0 Å². The highest BCUT2D eigenvalue weighted by Gasteiger charge is 2.45. The number of carbonyl (C=O) groups is 2. The highest BCUT2D eigenvalue weighted by molar-refractivity contribution is 7.92. The van der Waals surface area contributed by atoms with Gasteiger partial charge in [-0.15, -0.1) is 0 Å². The number of anilines is 1. The van der Waals surface area contributed by atoms with Crippen LogP contribution in [-0.2, 0) is 19.4 Å². The molecule has 1 atom stereocenters. The molecule has 9 nitrogen and oxygen atoms in total. The molecule has 204 valence electrons. The van der Waals surface area contributed by atoms with Crippen LogP contribution in [0.4, 0.5) is 23.7 Å². The van der Waals surface area contributed by atoms with Gasteiger partial charge in [0.25, 0.3) is 0 Å². The largest absolute Gasteiger partial charge is 0.504 e. The van der Waals surface area contributed by atoms with Crippen molar-refractivity contribution < 1.29 is 41.0 Å². The van der Waals surface area contributed by atoms with Crippen molar-refractivity contribution in [3.63, 3.8) is 0 Å². The van der Waals surface area contributed by atoms with E-state index >= 15 is 0 Å². The summed E-state index contributed by atoms with van der Waals surface area (Å²) in [5.74, 6) is -3.21. The number of rotatable bonds is 6. The van der Waals surface area contributed by atoms with Crippen LogP contribution in [0.5, 0.6) is 5.75 Å². The minimum atomic E-state index is -5.14. The number of nitrogens with one attached hydrogen (secondary N) is 2. The van der Waals surface area contributed by atoms with Crippen LogP contribution in [0, 0.1) is 0 Å². The van der Waals surface area contributed by atoms with Gasteiger partial charge in [-0.2, -0.15) is 13.2 Å². The molecule has 1 aromatic rings. The molecule has 3 N–H and O–H groups in total. The van der Waals surface area contributed by atoms with E-state index in [9.17, 15) is 36.3 Å². The van der Waals surface area contributed by atoms with Gasteiger partial charge in [0.15, 0.2) is 15.6 Å². The zero-order valence-electron chi connectivity index (χ0n) is 19.9. The lowest BCUT2D eigenvalue weighted by molar-refractivity contribution is -0.195. The summed E-state index contributed by atoms with van der Waals surface area (Å²) in [6.07, 6.45) is -1.90. The van der Waals surface area contributed by atoms with E-state index in [-0.39, 0.29) is 40.9 Å². The van der Waals surface area contributed by atoms with Gasteiger partial charge in [0, 0.05) is 12.5 Å². The van der Waals surface area contributed by atoms with Crippen LogP contribution in [0.2, 0.25) is 5.02 Å². The molecule has 1 saturated heterocycles. The standard InChI is InChI=1S/C23H27ClF3N3O6S/c1-12-16(6-7-18(12)36-21(32)23(25,26)27)28-22(33)29-17-5-4-15(24)20(19(17)31)37(34,35)14-10-13(11-14)30-8-2-3-9-30/h4-5,13-14,16,31H,2-3,6-11H2,1H3,(H2,28,29,33)/t13?,14?,16-/m1/s1. The van der Waals surface area contributed by atoms with Crippen LogP contribution in [0.15, 0.2) is 28.4 Å². The first-order chi connectivity index (χ1) is 17.3. The fourth-order valence-electron chi connectivity index (χ4n) is 4.96. The van der Waals surface area contributed by atoms with Crippen molar-refractivity contribution in [1.82, 2.24) is 10.2 Å². The van der Waals surface area contributed by atoms with Crippen molar-refractivity contribution >= 4 is 39.1 Å². The molecule has 1 heterocycles.